The highest BCUT2D eigenvalue weighted by atomic mass is 35.5. The lowest BCUT2D eigenvalue weighted by Gasteiger charge is -2.26. The van der Waals surface area contributed by atoms with Gasteiger partial charge in [0.1, 0.15) is 0 Å². The lowest BCUT2D eigenvalue weighted by atomic mass is 10.1. The van der Waals surface area contributed by atoms with Crippen molar-refractivity contribution in [2.45, 2.75) is 19.6 Å². The van der Waals surface area contributed by atoms with E-state index in [4.69, 9.17) is 21.5 Å². The Balaban J connectivity index is 0.000000572. The Morgan fingerprint density at radius 2 is 1.56 bits per heavy atom. The summed E-state index contributed by atoms with van der Waals surface area (Å²) in [6.07, 6.45) is -5.08. The average Bonchev–Trinajstić information content (AvgIpc) is 2.83. The Bertz CT molecular complexity index is 1220. The monoisotopic (exact) mass is 522 g/mol. The van der Waals surface area contributed by atoms with E-state index >= 15 is 0 Å². The number of hydrogen-bond donors (Lipinski definition) is 3. The van der Waals surface area contributed by atoms with Gasteiger partial charge >= 0.3 is 18.1 Å². The lowest BCUT2D eigenvalue weighted by molar-refractivity contribution is -0.192. The highest BCUT2D eigenvalue weighted by molar-refractivity contribution is 6.31. The molecule has 0 aromatic heterocycles. The highest BCUT2D eigenvalue weighted by Gasteiger charge is 2.38. The number of nitrogens with zero attached hydrogens (tertiary/aromatic N) is 1. The summed E-state index contributed by atoms with van der Waals surface area (Å²) >= 11 is 5.99. The molecule has 7 nitrogen and oxygen atoms in total. The zero-order chi connectivity index (χ0) is 26.9. The number of hydrogen-bond acceptors (Lipinski definition) is 4. The molecular formula is C25H22ClF3N2O5. The van der Waals surface area contributed by atoms with Crippen LogP contribution in [-0.2, 0) is 11.3 Å². The zero-order valence-corrected chi connectivity index (χ0v) is 19.7. The molecule has 0 unspecified atom stereocenters. The Morgan fingerprint density at radius 1 is 0.917 bits per heavy atom. The number of aromatic carboxylic acids is 1. The number of aliphatic carboxylic acids is 1. The van der Waals surface area contributed by atoms with Gasteiger partial charge in [-0.25, -0.2) is 9.59 Å². The van der Waals surface area contributed by atoms with Crippen LogP contribution in [0, 0.1) is 0 Å². The van der Waals surface area contributed by atoms with E-state index < -0.39 is 18.1 Å². The Kier molecular flexibility index (Phi) is 9.86. The van der Waals surface area contributed by atoms with E-state index in [1.165, 1.54) is 6.07 Å². The van der Waals surface area contributed by atoms with Gasteiger partial charge in [0.05, 0.1) is 16.9 Å². The second-order valence-corrected chi connectivity index (χ2v) is 7.74. The number of carbonyl (C=O) groups excluding carboxylic acids is 1. The second-order valence-electron chi connectivity index (χ2n) is 7.30. The summed E-state index contributed by atoms with van der Waals surface area (Å²) in [5.41, 5.74) is 2.80. The molecule has 0 fully saturated rings. The topological polar surface area (TPSA) is 107 Å². The Morgan fingerprint density at radius 3 is 2.08 bits per heavy atom. The number of anilines is 2. The fourth-order valence-corrected chi connectivity index (χ4v) is 3.23. The van der Waals surface area contributed by atoms with Gasteiger partial charge in [-0.05, 0) is 48.9 Å². The summed E-state index contributed by atoms with van der Waals surface area (Å²) in [4.78, 5) is 35.2. The zero-order valence-electron chi connectivity index (χ0n) is 18.9. The van der Waals surface area contributed by atoms with Crippen molar-refractivity contribution in [1.29, 1.82) is 0 Å². The molecule has 3 N–H and O–H groups in total. The van der Waals surface area contributed by atoms with Gasteiger partial charge in [-0.1, -0.05) is 48.0 Å². The van der Waals surface area contributed by atoms with Gasteiger partial charge in [0, 0.05) is 23.7 Å². The molecule has 1 amide bonds. The molecule has 0 saturated heterocycles. The van der Waals surface area contributed by atoms with Crippen LogP contribution in [0.1, 0.15) is 33.2 Å². The van der Waals surface area contributed by atoms with Crippen LogP contribution in [0.2, 0.25) is 5.02 Å². The predicted molar refractivity (Wildman–Crippen MR) is 130 cm³/mol. The molecule has 0 aliphatic heterocycles. The van der Waals surface area contributed by atoms with E-state index in [1.54, 1.807) is 36.4 Å². The molecular weight excluding hydrogens is 501 g/mol. The molecule has 0 saturated carbocycles. The number of carbonyl (C=O) groups is 3. The number of rotatable bonds is 7. The molecule has 3 aromatic rings. The molecule has 3 rings (SSSR count). The summed E-state index contributed by atoms with van der Waals surface area (Å²) in [6.45, 7) is 3.32. The van der Waals surface area contributed by atoms with Crippen LogP contribution in [0.4, 0.5) is 24.5 Å². The maximum absolute atomic E-state index is 12.7. The largest absolute Gasteiger partial charge is 0.490 e. The van der Waals surface area contributed by atoms with Gasteiger partial charge in [0.25, 0.3) is 5.91 Å². The first-order valence-corrected chi connectivity index (χ1v) is 10.8. The van der Waals surface area contributed by atoms with Crippen molar-refractivity contribution in [2.75, 3.05) is 16.8 Å². The fraction of sp³-hybridized carbons (Fsp3) is 0.160. The molecule has 0 aliphatic carbocycles. The molecule has 36 heavy (non-hydrogen) atoms. The van der Waals surface area contributed by atoms with Crippen molar-refractivity contribution in [2.24, 2.45) is 0 Å². The van der Waals surface area contributed by atoms with Gasteiger partial charge in [-0.3, -0.25) is 4.79 Å². The minimum atomic E-state index is -5.08. The minimum absolute atomic E-state index is 0.103. The molecule has 0 spiro atoms. The fourth-order valence-electron chi connectivity index (χ4n) is 3.04. The van der Waals surface area contributed by atoms with Gasteiger partial charge in [0.15, 0.2) is 0 Å². The Hall–Kier alpha value is -4.05. The number of carboxylic acids is 2. The minimum Gasteiger partial charge on any atom is -0.478 e. The number of alkyl halides is 3. The maximum Gasteiger partial charge on any atom is 0.490 e. The van der Waals surface area contributed by atoms with E-state index in [2.05, 4.69) is 10.2 Å². The van der Waals surface area contributed by atoms with E-state index in [0.717, 1.165) is 11.3 Å². The predicted octanol–water partition coefficient (Wildman–Crippen LogP) is 5.95. The standard InChI is InChI=1S/C23H21ClN2O3.C2HF3O2/c1-2-26(15-16-7-4-3-5-8-16)21-12-11-18(23(28)29)14-20(21)25-22(27)17-9-6-10-19(24)13-17;3-2(4,5)1(6)7/h3-14H,2,15H2,1H3,(H,25,27)(H,28,29);(H,6,7). The van der Waals surface area contributed by atoms with Crippen LogP contribution in [0.3, 0.4) is 0 Å². The number of carboxylic acid groups (broad SMARTS) is 2. The van der Waals surface area contributed by atoms with Gasteiger partial charge in [0.2, 0.25) is 0 Å². The van der Waals surface area contributed by atoms with Crippen molar-refractivity contribution in [3.63, 3.8) is 0 Å². The SMILES string of the molecule is CCN(Cc1ccccc1)c1ccc(C(=O)O)cc1NC(=O)c1cccc(Cl)c1.O=C(O)C(F)(F)F. The van der Waals surface area contributed by atoms with Crippen LogP contribution in [0.15, 0.2) is 72.8 Å². The van der Waals surface area contributed by atoms with Crippen molar-refractivity contribution < 1.29 is 37.8 Å². The van der Waals surface area contributed by atoms with Crippen LogP contribution in [-0.4, -0.2) is 40.8 Å². The number of amides is 1. The summed E-state index contributed by atoms with van der Waals surface area (Å²) < 4.78 is 31.7. The summed E-state index contributed by atoms with van der Waals surface area (Å²) in [5.74, 6) is -4.17. The quantitative estimate of drug-likeness (QED) is 0.354. The van der Waals surface area contributed by atoms with Crippen LogP contribution in [0.5, 0.6) is 0 Å². The van der Waals surface area contributed by atoms with Crippen LogP contribution in [0.25, 0.3) is 0 Å². The van der Waals surface area contributed by atoms with E-state index in [9.17, 15) is 27.9 Å². The second kappa shape index (κ2) is 12.6. The van der Waals surface area contributed by atoms with E-state index in [1.807, 2.05) is 37.3 Å². The van der Waals surface area contributed by atoms with Crippen molar-refractivity contribution in [1.82, 2.24) is 0 Å². The molecule has 0 radical (unpaired) electrons. The summed E-state index contributed by atoms with van der Waals surface area (Å²) in [6, 6.07) is 21.3. The van der Waals surface area contributed by atoms with Gasteiger partial charge in [-0.2, -0.15) is 13.2 Å². The van der Waals surface area contributed by atoms with Crippen LogP contribution < -0.4 is 10.2 Å². The lowest BCUT2D eigenvalue weighted by Crippen LogP contribution is -2.24. The average molecular weight is 523 g/mol. The van der Waals surface area contributed by atoms with Crippen molar-refractivity contribution in [3.8, 4) is 0 Å². The van der Waals surface area contributed by atoms with Crippen LogP contribution >= 0.6 is 11.6 Å². The van der Waals surface area contributed by atoms with Gasteiger partial charge in [-0.15, -0.1) is 0 Å². The molecule has 3 aromatic carbocycles. The molecule has 11 heteroatoms. The Labute approximate surface area is 209 Å². The third-order valence-corrected chi connectivity index (χ3v) is 4.99. The summed E-state index contributed by atoms with van der Waals surface area (Å²) in [7, 11) is 0. The smallest absolute Gasteiger partial charge is 0.478 e. The number of benzene rings is 3. The first-order chi connectivity index (χ1) is 16.9. The third-order valence-electron chi connectivity index (χ3n) is 4.76. The molecule has 0 atom stereocenters. The highest BCUT2D eigenvalue weighted by Crippen LogP contribution is 2.29. The van der Waals surface area contributed by atoms with Crippen molar-refractivity contribution >= 4 is 40.8 Å². The number of nitrogens with one attached hydrogen (secondary N) is 1. The molecule has 0 aliphatic rings. The van der Waals surface area contributed by atoms with Crippen molar-refractivity contribution in [3.05, 3.63) is 94.5 Å². The maximum atomic E-state index is 12.7. The normalized spacial score (nSPS) is 10.6. The van der Waals surface area contributed by atoms with Gasteiger partial charge < -0.3 is 20.4 Å². The third kappa shape index (κ3) is 8.31. The molecule has 0 heterocycles. The van der Waals surface area contributed by atoms with E-state index in [-0.39, 0.29) is 11.5 Å². The molecule has 0 bridgehead atoms. The molecule has 190 valence electrons. The summed E-state index contributed by atoms with van der Waals surface area (Å²) in [5, 5.41) is 19.8. The van der Waals surface area contributed by atoms with E-state index in [0.29, 0.717) is 29.4 Å². The number of halogens is 4. The first-order valence-electron chi connectivity index (χ1n) is 10.5. The first kappa shape index (κ1) is 28.2.